The van der Waals surface area contributed by atoms with Crippen molar-refractivity contribution in [2.45, 2.75) is 12.8 Å². The number of hydrogen-bond donors (Lipinski definition) is 2. The summed E-state index contributed by atoms with van der Waals surface area (Å²) in [7, 11) is 0. The number of carbonyl (C=O) groups is 1. The quantitative estimate of drug-likeness (QED) is 0.628. The third kappa shape index (κ3) is 1.73. The maximum absolute atomic E-state index is 10.9. The van der Waals surface area contributed by atoms with Gasteiger partial charge < -0.3 is 10.1 Å². The van der Waals surface area contributed by atoms with Crippen LogP contribution in [0.4, 0.5) is 5.69 Å². The van der Waals surface area contributed by atoms with Crippen LogP contribution in [-0.2, 0) is 4.79 Å². The van der Waals surface area contributed by atoms with Crippen LogP contribution in [0.1, 0.15) is 18.4 Å². The average Bonchev–Trinajstić information content (AvgIpc) is 2.70. The van der Waals surface area contributed by atoms with Crippen molar-refractivity contribution in [2.24, 2.45) is 0 Å². The Bertz CT molecular complexity index is 603. The molecule has 0 saturated heterocycles. The van der Waals surface area contributed by atoms with Gasteiger partial charge in [0.05, 0.1) is 21.7 Å². The Hall–Kier alpha value is -2.37. The maximum Gasteiger partial charge on any atom is 0.310 e. The summed E-state index contributed by atoms with van der Waals surface area (Å²) in [5.41, 5.74) is 0.925. The molecule has 0 fully saturated rings. The first-order chi connectivity index (χ1) is 8.02. The van der Waals surface area contributed by atoms with Crippen LogP contribution in [-0.4, -0.2) is 21.0 Å². The number of hydrogen-bond acceptors (Lipinski definition) is 3. The molecule has 0 amide bonds. The third-order valence-electron chi connectivity index (χ3n) is 2.75. The zero-order chi connectivity index (χ0) is 12.6. The largest absolute Gasteiger partial charge is 0.481 e. The number of carboxylic acids is 1. The Balaban J connectivity index is 2.73. The van der Waals surface area contributed by atoms with Crippen molar-refractivity contribution in [1.82, 2.24) is 4.98 Å². The highest BCUT2D eigenvalue weighted by Gasteiger charge is 2.23. The van der Waals surface area contributed by atoms with Crippen molar-refractivity contribution in [1.29, 1.82) is 0 Å². The Morgan fingerprint density at radius 3 is 2.82 bits per heavy atom. The maximum atomic E-state index is 10.9. The Kier molecular flexibility index (Phi) is 2.55. The first kappa shape index (κ1) is 11.1. The van der Waals surface area contributed by atoms with E-state index in [9.17, 15) is 14.9 Å². The second-order valence-electron chi connectivity index (χ2n) is 3.76. The van der Waals surface area contributed by atoms with Gasteiger partial charge in [-0.3, -0.25) is 14.9 Å². The molecule has 2 aromatic rings. The number of nitrogens with one attached hydrogen (secondary N) is 1. The van der Waals surface area contributed by atoms with Crippen molar-refractivity contribution < 1.29 is 14.8 Å². The number of aliphatic carboxylic acids is 1. The summed E-state index contributed by atoms with van der Waals surface area (Å²) in [6.45, 7) is 1.50. The van der Waals surface area contributed by atoms with Crippen molar-refractivity contribution in [3.05, 3.63) is 40.1 Å². The minimum atomic E-state index is -1.01. The third-order valence-corrected chi connectivity index (χ3v) is 2.75. The van der Waals surface area contributed by atoms with E-state index in [0.29, 0.717) is 16.5 Å². The summed E-state index contributed by atoms with van der Waals surface area (Å²) in [5.74, 6) is -1.80. The first-order valence-corrected chi connectivity index (χ1v) is 4.99. The summed E-state index contributed by atoms with van der Waals surface area (Å²) in [5, 5.41) is 20.2. The van der Waals surface area contributed by atoms with Gasteiger partial charge in [0, 0.05) is 12.3 Å². The Labute approximate surface area is 96.0 Å². The number of H-pyrrole nitrogens is 1. The smallest absolute Gasteiger partial charge is 0.310 e. The second kappa shape index (κ2) is 3.89. The number of aromatic amines is 1. The summed E-state index contributed by atoms with van der Waals surface area (Å²) in [6, 6.07) is 4.61. The predicted molar refractivity (Wildman–Crippen MR) is 61.0 cm³/mol. The number of aromatic nitrogens is 1. The molecule has 88 valence electrons. The molecular weight excluding hydrogens is 224 g/mol. The molecule has 0 bridgehead atoms. The molecule has 0 spiro atoms. The Morgan fingerprint density at radius 1 is 1.53 bits per heavy atom. The molecule has 1 heterocycles. The normalized spacial score (nSPS) is 12.5. The van der Waals surface area contributed by atoms with Crippen LogP contribution in [0.15, 0.2) is 24.4 Å². The van der Waals surface area contributed by atoms with Crippen LogP contribution >= 0.6 is 0 Å². The number of carboxylic acid groups (broad SMARTS) is 1. The molecule has 0 aliphatic heterocycles. The van der Waals surface area contributed by atoms with Gasteiger partial charge in [0.25, 0.3) is 5.69 Å². The van der Waals surface area contributed by atoms with Crippen LogP contribution in [0.2, 0.25) is 0 Å². The van der Waals surface area contributed by atoms with Crippen LogP contribution in [0.5, 0.6) is 0 Å². The number of benzene rings is 1. The van der Waals surface area contributed by atoms with Crippen LogP contribution in [0.3, 0.4) is 0 Å². The van der Waals surface area contributed by atoms with Crippen LogP contribution < -0.4 is 0 Å². The SMILES string of the molecule is CC(C(=O)O)c1c[nH]c2cccc([N+](=O)[O-])c12. The highest BCUT2D eigenvalue weighted by Crippen LogP contribution is 2.32. The molecule has 1 atom stereocenters. The van der Waals surface area contributed by atoms with Gasteiger partial charge >= 0.3 is 5.97 Å². The van der Waals surface area contributed by atoms with Gasteiger partial charge in [0.1, 0.15) is 0 Å². The van der Waals surface area contributed by atoms with E-state index in [1.54, 1.807) is 12.1 Å². The minimum absolute atomic E-state index is 0.0770. The molecule has 0 aliphatic rings. The summed E-state index contributed by atoms with van der Waals surface area (Å²) in [6.07, 6.45) is 1.51. The summed E-state index contributed by atoms with van der Waals surface area (Å²) >= 11 is 0. The zero-order valence-corrected chi connectivity index (χ0v) is 9.01. The molecule has 0 saturated carbocycles. The van der Waals surface area contributed by atoms with Crippen molar-refractivity contribution in [2.75, 3.05) is 0 Å². The average molecular weight is 234 g/mol. The molecule has 17 heavy (non-hydrogen) atoms. The molecule has 6 heteroatoms. The summed E-state index contributed by atoms with van der Waals surface area (Å²) < 4.78 is 0. The summed E-state index contributed by atoms with van der Waals surface area (Å²) in [4.78, 5) is 24.2. The second-order valence-corrected chi connectivity index (χ2v) is 3.76. The fourth-order valence-electron chi connectivity index (χ4n) is 1.82. The lowest BCUT2D eigenvalue weighted by Crippen LogP contribution is -2.07. The van der Waals surface area contributed by atoms with E-state index in [1.807, 2.05) is 0 Å². The van der Waals surface area contributed by atoms with Gasteiger partial charge in [0.2, 0.25) is 0 Å². The van der Waals surface area contributed by atoms with Crippen molar-refractivity contribution >= 4 is 22.6 Å². The van der Waals surface area contributed by atoms with E-state index in [4.69, 9.17) is 5.11 Å². The number of nitro groups is 1. The van der Waals surface area contributed by atoms with E-state index in [2.05, 4.69) is 4.98 Å². The van der Waals surface area contributed by atoms with Gasteiger partial charge in [-0.05, 0) is 18.6 Å². The van der Waals surface area contributed by atoms with E-state index in [0.717, 1.165) is 0 Å². The van der Waals surface area contributed by atoms with Gasteiger partial charge in [-0.25, -0.2) is 0 Å². The van der Waals surface area contributed by atoms with Gasteiger partial charge in [-0.2, -0.15) is 0 Å². The molecule has 1 unspecified atom stereocenters. The number of non-ortho nitro benzene ring substituents is 1. The monoisotopic (exact) mass is 234 g/mol. The molecule has 0 aliphatic carbocycles. The number of fused-ring (bicyclic) bond motifs is 1. The standard InChI is InChI=1S/C11H10N2O4/c1-6(11(14)15)7-5-12-8-3-2-4-9(10(7)8)13(16)17/h2-6,12H,1H3,(H,14,15). The minimum Gasteiger partial charge on any atom is -0.481 e. The number of nitrogens with zero attached hydrogens (tertiary/aromatic N) is 1. The van der Waals surface area contributed by atoms with Gasteiger partial charge in [-0.15, -0.1) is 0 Å². The number of nitro benzene ring substituents is 1. The molecule has 6 nitrogen and oxygen atoms in total. The van der Waals surface area contributed by atoms with E-state index >= 15 is 0 Å². The highest BCUT2D eigenvalue weighted by molar-refractivity contribution is 5.95. The predicted octanol–water partition coefficient (Wildman–Crippen LogP) is 2.26. The van der Waals surface area contributed by atoms with Crippen LogP contribution in [0, 0.1) is 10.1 Å². The lowest BCUT2D eigenvalue weighted by Gasteiger charge is -2.04. The van der Waals surface area contributed by atoms with E-state index in [-0.39, 0.29) is 5.69 Å². The fraction of sp³-hybridized carbons (Fsp3) is 0.182. The van der Waals surface area contributed by atoms with Gasteiger partial charge in [-0.1, -0.05) is 6.07 Å². The number of rotatable bonds is 3. The molecule has 2 rings (SSSR count). The lowest BCUT2D eigenvalue weighted by molar-refractivity contribution is -0.383. The topological polar surface area (TPSA) is 96.2 Å². The fourth-order valence-corrected chi connectivity index (χ4v) is 1.82. The van der Waals surface area contributed by atoms with Crippen molar-refractivity contribution in [3.63, 3.8) is 0 Å². The van der Waals surface area contributed by atoms with E-state index in [1.165, 1.54) is 19.2 Å². The first-order valence-electron chi connectivity index (χ1n) is 4.99. The zero-order valence-electron chi connectivity index (χ0n) is 9.01. The Morgan fingerprint density at radius 2 is 2.24 bits per heavy atom. The molecular formula is C11H10N2O4. The highest BCUT2D eigenvalue weighted by atomic mass is 16.6. The van der Waals surface area contributed by atoms with Gasteiger partial charge in [0.15, 0.2) is 0 Å². The molecule has 0 radical (unpaired) electrons. The van der Waals surface area contributed by atoms with E-state index < -0.39 is 16.8 Å². The molecule has 1 aromatic heterocycles. The molecule has 2 N–H and O–H groups in total. The van der Waals surface area contributed by atoms with Crippen molar-refractivity contribution in [3.8, 4) is 0 Å². The molecule has 1 aromatic carbocycles. The van der Waals surface area contributed by atoms with Crippen LogP contribution in [0.25, 0.3) is 10.9 Å². The lowest BCUT2D eigenvalue weighted by atomic mass is 10.00.